The summed E-state index contributed by atoms with van der Waals surface area (Å²) in [7, 11) is 0. The van der Waals surface area contributed by atoms with Gasteiger partial charge in [-0.3, -0.25) is 14.5 Å². The minimum Gasteiger partial charge on any atom is -0.543 e. The molecule has 2 aromatic rings. The number of β-lactam (4-membered cyclic amide) rings is 1. The van der Waals surface area contributed by atoms with Crippen molar-refractivity contribution in [1.82, 2.24) is 19.6 Å². The second kappa shape index (κ2) is 12.2. The fourth-order valence-corrected chi connectivity index (χ4v) is 5.80. The molecule has 41 heavy (non-hydrogen) atoms. The standard InChI is InChI=1S/C24H27N7O8S2/c1-24(2,3)39-14(33)10-38-28-15(18-27-23(25)41-29-18)19(34)26-16-20(35)31-17(22(36)37)13(11-40-21(16)31)8-30-6-4-5-12(7-30)9-32/h4-7,16,21,32H,8-11H2,1-3H3,(H3-,25,26,27,29,34,36,37)/t16?,21-/m1/s1. The lowest BCUT2D eigenvalue weighted by atomic mass is 10.0. The Morgan fingerprint density at radius 2 is 2.12 bits per heavy atom. The quantitative estimate of drug-likeness (QED) is 0.0888. The highest BCUT2D eigenvalue weighted by Crippen LogP contribution is 2.40. The molecule has 4 N–H and O–H groups in total. The van der Waals surface area contributed by atoms with Crippen LogP contribution in [-0.4, -0.2) is 78.2 Å². The van der Waals surface area contributed by atoms with Crippen molar-refractivity contribution in [2.75, 3.05) is 18.1 Å². The third-order valence-corrected chi connectivity index (χ3v) is 7.51. The first kappa shape index (κ1) is 29.9. The molecule has 1 saturated heterocycles. The second-order valence-electron chi connectivity index (χ2n) is 9.90. The average molecular weight is 606 g/mol. The molecule has 17 heteroatoms. The monoisotopic (exact) mass is 605 g/mol. The van der Waals surface area contributed by atoms with Gasteiger partial charge in [0.25, 0.3) is 11.8 Å². The van der Waals surface area contributed by atoms with Crippen LogP contribution in [0, 0.1) is 0 Å². The zero-order valence-corrected chi connectivity index (χ0v) is 23.9. The third-order valence-electron chi connectivity index (χ3n) is 5.63. The van der Waals surface area contributed by atoms with Crippen molar-refractivity contribution < 1.29 is 43.5 Å². The van der Waals surface area contributed by atoms with E-state index in [9.17, 15) is 29.4 Å². The van der Waals surface area contributed by atoms with Gasteiger partial charge in [-0.25, -0.2) is 9.36 Å². The van der Waals surface area contributed by atoms with Crippen molar-refractivity contribution in [2.24, 2.45) is 5.16 Å². The molecule has 2 aromatic heterocycles. The highest BCUT2D eigenvalue weighted by atomic mass is 32.2. The van der Waals surface area contributed by atoms with Gasteiger partial charge in [0.1, 0.15) is 17.0 Å². The second-order valence-corrected chi connectivity index (χ2v) is 11.8. The van der Waals surface area contributed by atoms with Crippen LogP contribution in [0.1, 0.15) is 32.2 Å². The van der Waals surface area contributed by atoms with Gasteiger partial charge >= 0.3 is 5.97 Å². The molecule has 2 atom stereocenters. The molecule has 0 aromatic carbocycles. The van der Waals surface area contributed by atoms with E-state index in [4.69, 9.17) is 15.3 Å². The number of carbonyl (C=O) groups is 4. The van der Waals surface area contributed by atoms with Gasteiger partial charge in [-0.15, -0.1) is 11.8 Å². The van der Waals surface area contributed by atoms with E-state index in [0.29, 0.717) is 11.1 Å². The van der Waals surface area contributed by atoms with Crippen LogP contribution >= 0.6 is 23.3 Å². The van der Waals surface area contributed by atoms with Crippen LogP contribution in [0.3, 0.4) is 0 Å². The zero-order valence-electron chi connectivity index (χ0n) is 22.2. The number of hydrogen-bond acceptors (Lipinski definition) is 14. The molecule has 0 radical (unpaired) electrons. The summed E-state index contributed by atoms with van der Waals surface area (Å²) >= 11 is 2.06. The van der Waals surface area contributed by atoms with E-state index >= 15 is 0 Å². The number of carboxylic acid groups (broad SMARTS) is 1. The smallest absolute Gasteiger partial charge is 0.347 e. The van der Waals surface area contributed by atoms with Crippen LogP contribution in [0.5, 0.6) is 0 Å². The number of rotatable bonds is 10. The molecule has 0 spiro atoms. The highest BCUT2D eigenvalue weighted by molar-refractivity contribution is 8.00. The molecule has 0 aliphatic carbocycles. The minimum atomic E-state index is -1.53. The van der Waals surface area contributed by atoms with Gasteiger partial charge < -0.3 is 35.6 Å². The Morgan fingerprint density at radius 3 is 2.76 bits per heavy atom. The molecule has 2 amide bonds. The number of nitrogen functional groups attached to an aromatic ring is 1. The number of carboxylic acids is 1. The molecule has 0 bridgehead atoms. The van der Waals surface area contributed by atoms with Crippen molar-refractivity contribution in [3.8, 4) is 0 Å². The molecular formula is C24H27N7O8S2. The summed E-state index contributed by atoms with van der Waals surface area (Å²) in [5.74, 6) is -3.76. The minimum absolute atomic E-state index is 0.0417. The number of aliphatic hydroxyl groups is 1. The number of oxime groups is 1. The maximum absolute atomic E-state index is 13.2. The molecule has 0 saturated carbocycles. The predicted molar refractivity (Wildman–Crippen MR) is 142 cm³/mol. The van der Waals surface area contributed by atoms with Gasteiger partial charge in [-0.1, -0.05) is 5.16 Å². The molecule has 218 valence electrons. The first-order chi connectivity index (χ1) is 19.4. The number of esters is 1. The number of hydrogen-bond donors (Lipinski definition) is 3. The van der Waals surface area contributed by atoms with Crippen LogP contribution in [-0.2, 0) is 41.9 Å². The molecule has 1 fully saturated rings. The number of anilines is 1. The third kappa shape index (κ3) is 6.98. The summed E-state index contributed by atoms with van der Waals surface area (Å²) < 4.78 is 10.8. The molecular weight excluding hydrogens is 578 g/mol. The van der Waals surface area contributed by atoms with Gasteiger partial charge in [0.15, 0.2) is 24.1 Å². The summed E-state index contributed by atoms with van der Waals surface area (Å²) in [4.78, 5) is 60.3. The normalized spacial score (nSPS) is 18.9. The van der Waals surface area contributed by atoms with Crippen molar-refractivity contribution in [3.63, 3.8) is 0 Å². The van der Waals surface area contributed by atoms with Gasteiger partial charge in [-0.05, 0) is 26.8 Å². The molecule has 2 aliphatic heterocycles. The number of pyridine rings is 1. The number of aliphatic hydroxyl groups excluding tert-OH is 1. The van der Waals surface area contributed by atoms with Crippen molar-refractivity contribution in [3.05, 3.63) is 47.2 Å². The fourth-order valence-electron chi connectivity index (χ4n) is 4.03. The van der Waals surface area contributed by atoms with Crippen molar-refractivity contribution >= 4 is 57.9 Å². The maximum atomic E-state index is 13.2. The largest absolute Gasteiger partial charge is 0.543 e. The Morgan fingerprint density at radius 1 is 1.37 bits per heavy atom. The van der Waals surface area contributed by atoms with E-state index in [1.165, 1.54) is 11.8 Å². The zero-order chi connectivity index (χ0) is 29.9. The lowest BCUT2D eigenvalue weighted by molar-refractivity contribution is -0.689. The molecule has 2 aliphatic rings. The number of nitrogens with two attached hydrogens (primary N) is 1. The van der Waals surface area contributed by atoms with Gasteiger partial charge in [0.2, 0.25) is 18.1 Å². The number of fused-ring (bicyclic) bond motifs is 1. The van der Waals surface area contributed by atoms with Gasteiger partial charge in [0, 0.05) is 34.5 Å². The van der Waals surface area contributed by atoms with E-state index in [1.807, 2.05) is 0 Å². The maximum Gasteiger partial charge on any atom is 0.347 e. The Hall–Kier alpha value is -4.09. The molecule has 4 heterocycles. The van der Waals surface area contributed by atoms with Crippen LogP contribution in [0.2, 0.25) is 0 Å². The number of nitrogens with one attached hydrogen (secondary N) is 1. The number of aliphatic carboxylic acids is 1. The van der Waals surface area contributed by atoms with Gasteiger partial charge in [0.05, 0.1) is 18.3 Å². The molecule has 4 rings (SSSR count). The fraction of sp³-hybridized carbons (Fsp3) is 0.417. The average Bonchev–Trinajstić information content (AvgIpc) is 3.33. The predicted octanol–water partition coefficient (Wildman–Crippen LogP) is -1.93. The lowest BCUT2D eigenvalue weighted by Gasteiger charge is -2.50. The van der Waals surface area contributed by atoms with E-state index in [2.05, 4.69) is 19.8 Å². The SMILES string of the molecule is CC(C)(C)OC(=O)CON=C(C(=O)NC1C(=O)N2C(C(=O)[O-])=C(C[n+]3cccc(CO)c3)CS[C@H]12)c1nsc(N)n1. The topological polar surface area (TPSA) is 213 Å². The number of amides is 2. The van der Waals surface area contributed by atoms with Crippen LogP contribution < -0.4 is 20.7 Å². The summed E-state index contributed by atoms with van der Waals surface area (Å²) in [6.45, 7) is 4.39. The Balaban J connectivity index is 1.49. The summed E-state index contributed by atoms with van der Waals surface area (Å²) in [6, 6.07) is 2.34. The number of ether oxygens (including phenoxy) is 1. The van der Waals surface area contributed by atoms with Crippen LogP contribution in [0.25, 0.3) is 0 Å². The summed E-state index contributed by atoms with van der Waals surface area (Å²) in [5.41, 5.74) is 5.24. The highest BCUT2D eigenvalue weighted by Gasteiger charge is 2.53. The van der Waals surface area contributed by atoms with Crippen LogP contribution in [0.15, 0.2) is 41.0 Å². The first-order valence-electron chi connectivity index (χ1n) is 12.2. The van der Waals surface area contributed by atoms with E-state index < -0.39 is 53.1 Å². The van der Waals surface area contributed by atoms with Crippen molar-refractivity contribution in [2.45, 2.75) is 50.9 Å². The van der Waals surface area contributed by atoms with E-state index in [1.54, 1.807) is 49.9 Å². The van der Waals surface area contributed by atoms with Crippen LogP contribution in [0.4, 0.5) is 5.13 Å². The first-order valence-corrected chi connectivity index (χ1v) is 14.0. The van der Waals surface area contributed by atoms with Crippen molar-refractivity contribution in [1.29, 1.82) is 0 Å². The molecule has 1 unspecified atom stereocenters. The van der Waals surface area contributed by atoms with Gasteiger partial charge in [-0.2, -0.15) is 9.36 Å². The summed E-state index contributed by atoms with van der Waals surface area (Å²) in [5, 5.41) is 27.0. The number of nitrogens with zero attached hydrogens (tertiary/aromatic N) is 5. The number of carbonyl (C=O) groups excluding carboxylic acids is 4. The Kier molecular flexibility index (Phi) is 8.89. The molecule has 15 nitrogen and oxygen atoms in total. The number of thioether (sulfide) groups is 1. The Labute approximate surface area is 242 Å². The number of aromatic nitrogens is 3. The van der Waals surface area contributed by atoms with E-state index in [-0.39, 0.29) is 35.6 Å². The van der Waals surface area contributed by atoms with E-state index in [0.717, 1.165) is 16.4 Å². The lowest BCUT2D eigenvalue weighted by Crippen LogP contribution is -2.71. The summed E-state index contributed by atoms with van der Waals surface area (Å²) in [6.07, 6.45) is 3.38. The Bertz CT molecular complexity index is 1430.